The highest BCUT2D eigenvalue weighted by atomic mass is 28.4. The van der Waals surface area contributed by atoms with Gasteiger partial charge < -0.3 is 9.16 Å². The predicted molar refractivity (Wildman–Crippen MR) is 88.6 cm³/mol. The van der Waals surface area contributed by atoms with E-state index in [0.29, 0.717) is 6.61 Å². The fraction of sp³-hybridized carbons (Fsp3) is 0.867. The Bertz CT molecular complexity index is 349. The van der Waals surface area contributed by atoms with E-state index in [1.807, 2.05) is 20.8 Å². The van der Waals surface area contributed by atoms with Gasteiger partial charge in [-0.25, -0.2) is 9.59 Å². The SMILES string of the molecule is CCCCCCCOC(=O)N=NC(=O)O[Si](CC)(CC)CC. The molecule has 0 bridgehead atoms. The normalized spacial score (nSPS) is 11.6. The average Bonchev–Trinajstić information content (AvgIpc) is 2.54. The summed E-state index contributed by atoms with van der Waals surface area (Å²) >= 11 is 0. The third-order valence-electron chi connectivity index (χ3n) is 3.92. The zero-order valence-electron chi connectivity index (χ0n) is 14.4. The maximum absolute atomic E-state index is 11.6. The van der Waals surface area contributed by atoms with Crippen LogP contribution < -0.4 is 0 Å². The minimum absolute atomic E-state index is 0.314. The van der Waals surface area contributed by atoms with Gasteiger partial charge in [0.15, 0.2) is 0 Å². The average molecular weight is 331 g/mol. The van der Waals surface area contributed by atoms with Crippen LogP contribution >= 0.6 is 0 Å². The lowest BCUT2D eigenvalue weighted by Crippen LogP contribution is -2.37. The maximum atomic E-state index is 11.6. The summed E-state index contributed by atoms with van der Waals surface area (Å²) in [7, 11) is -2.05. The van der Waals surface area contributed by atoms with Crippen molar-refractivity contribution in [2.45, 2.75) is 77.9 Å². The third-order valence-corrected chi connectivity index (χ3v) is 8.40. The molecular weight excluding hydrogens is 300 g/mol. The molecule has 0 aliphatic heterocycles. The summed E-state index contributed by atoms with van der Waals surface area (Å²) in [6, 6.07) is 2.51. The number of nitrogens with zero attached hydrogens (tertiary/aromatic N) is 2. The van der Waals surface area contributed by atoms with Gasteiger partial charge in [0.2, 0.25) is 0 Å². The second-order valence-electron chi connectivity index (χ2n) is 5.34. The highest BCUT2D eigenvalue weighted by Gasteiger charge is 2.32. The van der Waals surface area contributed by atoms with Gasteiger partial charge in [-0.15, -0.1) is 0 Å². The van der Waals surface area contributed by atoms with Gasteiger partial charge in [0.25, 0.3) is 8.32 Å². The highest BCUT2D eigenvalue weighted by molar-refractivity contribution is 6.74. The van der Waals surface area contributed by atoms with E-state index in [-0.39, 0.29) is 0 Å². The molecule has 22 heavy (non-hydrogen) atoms. The van der Waals surface area contributed by atoms with E-state index >= 15 is 0 Å². The molecule has 0 aromatic rings. The molecule has 0 heterocycles. The molecule has 0 rings (SSSR count). The first-order chi connectivity index (χ1) is 10.5. The summed E-state index contributed by atoms with van der Waals surface area (Å²) in [5.74, 6) is 0. The molecule has 0 aromatic heterocycles. The van der Waals surface area contributed by atoms with Crippen molar-refractivity contribution in [2.24, 2.45) is 10.2 Å². The molecule has 0 atom stereocenters. The Hall–Kier alpha value is -1.24. The van der Waals surface area contributed by atoms with Crippen LogP contribution in [0.1, 0.15) is 59.8 Å². The van der Waals surface area contributed by atoms with Crippen molar-refractivity contribution in [3.05, 3.63) is 0 Å². The molecule has 0 aliphatic rings. The van der Waals surface area contributed by atoms with E-state index in [1.165, 1.54) is 12.8 Å². The first-order valence-corrected chi connectivity index (χ1v) is 10.9. The number of unbranched alkanes of at least 4 members (excludes halogenated alkanes) is 4. The van der Waals surface area contributed by atoms with Crippen LogP contribution in [0.4, 0.5) is 9.59 Å². The van der Waals surface area contributed by atoms with Crippen LogP contribution in [0.15, 0.2) is 10.2 Å². The number of azo groups is 1. The summed E-state index contributed by atoms with van der Waals surface area (Å²) in [5.41, 5.74) is 0. The molecule has 0 aromatic carbocycles. The van der Waals surface area contributed by atoms with Crippen LogP contribution in [-0.2, 0) is 9.16 Å². The monoisotopic (exact) mass is 330 g/mol. The highest BCUT2D eigenvalue weighted by Crippen LogP contribution is 2.22. The molecule has 0 fully saturated rings. The summed E-state index contributed by atoms with van der Waals surface area (Å²) in [5, 5.41) is 6.56. The lowest BCUT2D eigenvalue weighted by Gasteiger charge is -2.25. The molecule has 0 aliphatic carbocycles. The van der Waals surface area contributed by atoms with Crippen LogP contribution in [-0.4, -0.2) is 27.1 Å². The fourth-order valence-electron chi connectivity index (χ4n) is 2.15. The zero-order chi connectivity index (χ0) is 16.8. The summed E-state index contributed by atoms with van der Waals surface area (Å²) < 4.78 is 10.3. The quantitative estimate of drug-likeness (QED) is 0.293. The van der Waals surface area contributed by atoms with Crippen LogP contribution in [0.25, 0.3) is 0 Å². The standard InChI is InChI=1S/C15H30N2O4Si/c1-5-9-10-11-12-13-20-14(18)16-17-15(19)21-22(6-2,7-3)8-4/h5-13H2,1-4H3. The lowest BCUT2D eigenvalue weighted by molar-refractivity contribution is 0.151. The minimum atomic E-state index is -2.05. The number of hydrogen-bond acceptors (Lipinski definition) is 4. The second-order valence-corrected chi connectivity index (χ2v) is 10.0. The number of ether oxygens (including phenoxy) is 1. The largest absolute Gasteiger partial charge is 0.501 e. The Morgan fingerprint density at radius 3 is 1.91 bits per heavy atom. The molecule has 128 valence electrons. The van der Waals surface area contributed by atoms with Crippen molar-refractivity contribution >= 4 is 20.5 Å². The van der Waals surface area contributed by atoms with Gasteiger partial charge >= 0.3 is 12.2 Å². The van der Waals surface area contributed by atoms with Crippen LogP contribution in [0, 0.1) is 0 Å². The second kappa shape index (κ2) is 12.3. The van der Waals surface area contributed by atoms with E-state index in [9.17, 15) is 9.59 Å². The summed E-state index contributed by atoms with van der Waals surface area (Å²) in [6.45, 7) is 8.49. The number of rotatable bonds is 10. The molecule has 0 unspecified atom stereocenters. The first kappa shape index (κ1) is 20.8. The topological polar surface area (TPSA) is 77.3 Å². The molecule has 0 N–H and O–H groups in total. The zero-order valence-corrected chi connectivity index (χ0v) is 15.4. The van der Waals surface area contributed by atoms with E-state index in [1.54, 1.807) is 0 Å². The van der Waals surface area contributed by atoms with Gasteiger partial charge in [-0.2, -0.15) is 0 Å². The van der Waals surface area contributed by atoms with Gasteiger partial charge in [0.05, 0.1) is 6.61 Å². The van der Waals surface area contributed by atoms with Gasteiger partial charge in [-0.3, -0.25) is 0 Å². The van der Waals surface area contributed by atoms with E-state index in [2.05, 4.69) is 17.2 Å². The number of carbonyl (C=O) groups is 2. The van der Waals surface area contributed by atoms with Crippen molar-refractivity contribution in [3.63, 3.8) is 0 Å². The minimum Gasteiger partial charge on any atom is -0.501 e. The Balaban J connectivity index is 4.03. The molecule has 0 saturated carbocycles. The lowest BCUT2D eigenvalue weighted by atomic mass is 10.2. The predicted octanol–water partition coefficient (Wildman–Crippen LogP) is 5.69. The number of carbonyl (C=O) groups excluding carboxylic acids is 2. The van der Waals surface area contributed by atoms with E-state index in [4.69, 9.17) is 9.16 Å². The smallest absolute Gasteiger partial charge is 0.452 e. The van der Waals surface area contributed by atoms with Crippen molar-refractivity contribution in [1.29, 1.82) is 0 Å². The van der Waals surface area contributed by atoms with Crippen LogP contribution in [0.5, 0.6) is 0 Å². The summed E-state index contributed by atoms with van der Waals surface area (Å²) in [6.07, 6.45) is 3.73. The third kappa shape index (κ3) is 8.91. The van der Waals surface area contributed by atoms with Crippen LogP contribution in [0.3, 0.4) is 0 Å². The molecule has 0 spiro atoms. The number of hydrogen-bond donors (Lipinski definition) is 0. The van der Waals surface area contributed by atoms with Crippen LogP contribution in [0.2, 0.25) is 18.1 Å². The molecule has 6 nitrogen and oxygen atoms in total. The van der Waals surface area contributed by atoms with Crippen molar-refractivity contribution in [1.82, 2.24) is 0 Å². The molecular formula is C15H30N2O4Si. The molecule has 0 saturated heterocycles. The first-order valence-electron chi connectivity index (χ1n) is 8.35. The number of amides is 2. The molecule has 7 heteroatoms. The van der Waals surface area contributed by atoms with Crippen molar-refractivity contribution in [3.8, 4) is 0 Å². The fourth-order valence-corrected chi connectivity index (χ4v) is 4.49. The van der Waals surface area contributed by atoms with Gasteiger partial charge in [0, 0.05) is 0 Å². The Morgan fingerprint density at radius 2 is 1.36 bits per heavy atom. The van der Waals surface area contributed by atoms with Gasteiger partial charge in [-0.05, 0) is 24.6 Å². The Labute approximate surface area is 134 Å². The summed E-state index contributed by atoms with van der Waals surface area (Å²) in [4.78, 5) is 23.0. The molecule has 0 radical (unpaired) electrons. The van der Waals surface area contributed by atoms with E-state index in [0.717, 1.165) is 37.4 Å². The van der Waals surface area contributed by atoms with Crippen molar-refractivity contribution < 1.29 is 18.8 Å². The molecule has 2 amide bonds. The van der Waals surface area contributed by atoms with Gasteiger partial charge in [0.1, 0.15) is 0 Å². The van der Waals surface area contributed by atoms with Crippen molar-refractivity contribution in [2.75, 3.05) is 6.61 Å². The van der Waals surface area contributed by atoms with Gasteiger partial charge in [-0.1, -0.05) is 63.6 Å². The maximum Gasteiger partial charge on any atom is 0.452 e. The Kier molecular flexibility index (Phi) is 11.6. The Morgan fingerprint density at radius 1 is 0.818 bits per heavy atom. The van der Waals surface area contributed by atoms with E-state index < -0.39 is 20.5 Å².